The highest BCUT2D eigenvalue weighted by molar-refractivity contribution is 5.89. The number of carboxylic acid groups (broad SMARTS) is 1. The summed E-state index contributed by atoms with van der Waals surface area (Å²) in [5.74, 6) is 0.174. The van der Waals surface area contributed by atoms with Crippen molar-refractivity contribution >= 4 is 11.9 Å². The predicted molar refractivity (Wildman–Crippen MR) is 52.0 cm³/mol. The number of carbonyl (C=O) groups excluding carboxylic acids is 1. The Hall–Kier alpha value is -1.06. The minimum atomic E-state index is -0.829. The Labute approximate surface area is 88.0 Å². The van der Waals surface area contributed by atoms with Gasteiger partial charge in [-0.25, -0.2) is 0 Å². The standard InChI is InChI=1S/C11H15NO3/c13-10(8-4-9(8)11(14)15)12-7-2-5-1-6(5)3-7/h5-9H,1-4H2,(H,12,13)(H,14,15)/t5?,6?,7?,8-,9+/m0/s1. The fourth-order valence-electron chi connectivity index (χ4n) is 2.90. The highest BCUT2D eigenvalue weighted by atomic mass is 16.4. The van der Waals surface area contributed by atoms with Crippen LogP contribution in [0.2, 0.25) is 0 Å². The molecule has 0 spiro atoms. The van der Waals surface area contributed by atoms with Gasteiger partial charge >= 0.3 is 5.97 Å². The van der Waals surface area contributed by atoms with Crippen LogP contribution in [0.5, 0.6) is 0 Å². The van der Waals surface area contributed by atoms with Gasteiger partial charge in [-0.15, -0.1) is 0 Å². The summed E-state index contributed by atoms with van der Waals surface area (Å²) in [6, 6.07) is 0.330. The molecule has 3 rings (SSSR count). The van der Waals surface area contributed by atoms with Gasteiger partial charge in [0, 0.05) is 6.04 Å². The number of carboxylic acids is 1. The topological polar surface area (TPSA) is 66.4 Å². The van der Waals surface area contributed by atoms with E-state index in [1.165, 1.54) is 6.42 Å². The van der Waals surface area contributed by atoms with Crippen molar-refractivity contribution in [2.75, 3.05) is 0 Å². The number of carbonyl (C=O) groups is 2. The third-order valence-electron chi connectivity index (χ3n) is 4.03. The minimum absolute atomic E-state index is 0.0336. The van der Waals surface area contributed by atoms with Crippen molar-refractivity contribution in [2.45, 2.75) is 31.7 Å². The van der Waals surface area contributed by atoms with Crippen molar-refractivity contribution < 1.29 is 14.7 Å². The van der Waals surface area contributed by atoms with Gasteiger partial charge in [-0.1, -0.05) is 0 Å². The molecule has 0 aromatic rings. The van der Waals surface area contributed by atoms with Gasteiger partial charge < -0.3 is 10.4 Å². The average molecular weight is 209 g/mol. The van der Waals surface area contributed by atoms with Crippen molar-refractivity contribution in [3.63, 3.8) is 0 Å². The van der Waals surface area contributed by atoms with Crippen LogP contribution in [-0.2, 0) is 9.59 Å². The molecule has 3 aliphatic carbocycles. The van der Waals surface area contributed by atoms with E-state index in [0.717, 1.165) is 24.7 Å². The molecule has 0 aromatic carbocycles. The lowest BCUT2D eigenvalue weighted by Gasteiger charge is -2.13. The zero-order valence-corrected chi connectivity index (χ0v) is 8.48. The number of hydrogen-bond donors (Lipinski definition) is 2. The zero-order chi connectivity index (χ0) is 10.6. The maximum atomic E-state index is 11.6. The van der Waals surface area contributed by atoms with Crippen LogP contribution in [0.25, 0.3) is 0 Å². The minimum Gasteiger partial charge on any atom is -0.481 e. The van der Waals surface area contributed by atoms with Gasteiger partial charge in [-0.2, -0.15) is 0 Å². The Morgan fingerprint density at radius 3 is 2.20 bits per heavy atom. The summed E-state index contributed by atoms with van der Waals surface area (Å²) in [5.41, 5.74) is 0. The molecule has 0 heterocycles. The normalized spacial score (nSPS) is 45.7. The molecule has 4 heteroatoms. The molecule has 0 radical (unpaired) electrons. The lowest BCUT2D eigenvalue weighted by atomic mass is 10.1. The maximum absolute atomic E-state index is 11.6. The van der Waals surface area contributed by atoms with Crippen LogP contribution in [-0.4, -0.2) is 23.0 Å². The number of amides is 1. The summed E-state index contributed by atoms with van der Waals surface area (Å²) >= 11 is 0. The van der Waals surface area contributed by atoms with Crippen molar-refractivity contribution in [2.24, 2.45) is 23.7 Å². The van der Waals surface area contributed by atoms with Crippen molar-refractivity contribution in [1.29, 1.82) is 0 Å². The average Bonchev–Trinajstić information content (AvgIpc) is 3.04. The quantitative estimate of drug-likeness (QED) is 0.716. The van der Waals surface area contributed by atoms with Gasteiger partial charge in [0.1, 0.15) is 0 Å². The van der Waals surface area contributed by atoms with E-state index in [1.54, 1.807) is 0 Å². The Morgan fingerprint density at radius 1 is 1.00 bits per heavy atom. The Bertz CT molecular complexity index is 318. The smallest absolute Gasteiger partial charge is 0.307 e. The van der Waals surface area contributed by atoms with E-state index in [2.05, 4.69) is 5.32 Å². The molecule has 0 saturated heterocycles. The van der Waals surface area contributed by atoms with Gasteiger partial charge in [0.2, 0.25) is 5.91 Å². The molecule has 0 aliphatic heterocycles. The van der Waals surface area contributed by atoms with E-state index < -0.39 is 11.9 Å². The van der Waals surface area contributed by atoms with Gasteiger partial charge in [-0.05, 0) is 37.5 Å². The van der Waals surface area contributed by atoms with E-state index in [1.807, 2.05) is 0 Å². The molecule has 0 bridgehead atoms. The second-order valence-corrected chi connectivity index (χ2v) is 5.22. The van der Waals surface area contributed by atoms with E-state index in [9.17, 15) is 9.59 Å². The number of fused-ring (bicyclic) bond motifs is 1. The van der Waals surface area contributed by atoms with Crippen molar-refractivity contribution in [1.82, 2.24) is 5.32 Å². The van der Waals surface area contributed by atoms with Gasteiger partial charge in [0.25, 0.3) is 0 Å². The van der Waals surface area contributed by atoms with Crippen LogP contribution in [0.1, 0.15) is 25.7 Å². The molecule has 3 aliphatic rings. The fourth-order valence-corrected chi connectivity index (χ4v) is 2.90. The highest BCUT2D eigenvalue weighted by Crippen LogP contribution is 2.52. The van der Waals surface area contributed by atoms with E-state index in [0.29, 0.717) is 12.5 Å². The zero-order valence-electron chi connectivity index (χ0n) is 8.48. The number of rotatable bonds is 3. The van der Waals surface area contributed by atoms with E-state index in [-0.39, 0.29) is 11.8 Å². The summed E-state index contributed by atoms with van der Waals surface area (Å²) in [5, 5.41) is 11.7. The Morgan fingerprint density at radius 2 is 1.67 bits per heavy atom. The monoisotopic (exact) mass is 209 g/mol. The first kappa shape index (κ1) is 9.19. The van der Waals surface area contributed by atoms with Crippen LogP contribution >= 0.6 is 0 Å². The molecular formula is C11H15NO3. The molecule has 1 amide bonds. The van der Waals surface area contributed by atoms with Crippen LogP contribution in [0.15, 0.2) is 0 Å². The van der Waals surface area contributed by atoms with Crippen LogP contribution in [0.4, 0.5) is 0 Å². The molecule has 3 saturated carbocycles. The summed E-state index contributed by atoms with van der Waals surface area (Å²) < 4.78 is 0. The summed E-state index contributed by atoms with van der Waals surface area (Å²) in [7, 11) is 0. The lowest BCUT2D eigenvalue weighted by Crippen LogP contribution is -2.35. The van der Waals surface area contributed by atoms with Gasteiger partial charge in [0.05, 0.1) is 11.8 Å². The maximum Gasteiger partial charge on any atom is 0.307 e. The summed E-state index contributed by atoms with van der Waals surface area (Å²) in [4.78, 5) is 22.2. The molecule has 15 heavy (non-hydrogen) atoms. The molecule has 4 atom stereocenters. The van der Waals surface area contributed by atoms with Gasteiger partial charge in [-0.3, -0.25) is 9.59 Å². The van der Waals surface area contributed by atoms with E-state index in [4.69, 9.17) is 5.11 Å². The second kappa shape index (κ2) is 2.97. The molecule has 82 valence electrons. The predicted octanol–water partition coefficient (Wildman–Crippen LogP) is 0.622. The third-order valence-corrected chi connectivity index (χ3v) is 4.03. The fraction of sp³-hybridized carbons (Fsp3) is 0.818. The lowest BCUT2D eigenvalue weighted by molar-refractivity contribution is -0.140. The SMILES string of the molecule is O=C(NC1CC2CC2C1)[C@H]1C[C@H]1C(=O)O. The summed E-state index contributed by atoms with van der Waals surface area (Å²) in [6.45, 7) is 0. The first-order chi connectivity index (χ1) is 7.15. The van der Waals surface area contributed by atoms with Crippen molar-refractivity contribution in [3.05, 3.63) is 0 Å². The van der Waals surface area contributed by atoms with Gasteiger partial charge in [0.15, 0.2) is 0 Å². The molecular weight excluding hydrogens is 194 g/mol. The largest absolute Gasteiger partial charge is 0.481 e. The molecule has 3 fully saturated rings. The molecule has 0 aromatic heterocycles. The number of hydrogen-bond acceptors (Lipinski definition) is 2. The van der Waals surface area contributed by atoms with E-state index >= 15 is 0 Å². The second-order valence-electron chi connectivity index (χ2n) is 5.22. The van der Waals surface area contributed by atoms with Crippen LogP contribution in [0.3, 0.4) is 0 Å². The van der Waals surface area contributed by atoms with Crippen molar-refractivity contribution in [3.8, 4) is 0 Å². The van der Waals surface area contributed by atoms with Crippen LogP contribution < -0.4 is 5.32 Å². The highest BCUT2D eigenvalue weighted by Gasteiger charge is 2.51. The third kappa shape index (κ3) is 1.62. The Balaban J connectivity index is 1.48. The number of nitrogens with one attached hydrogen (secondary N) is 1. The number of aliphatic carboxylic acids is 1. The first-order valence-electron chi connectivity index (χ1n) is 5.68. The van der Waals surface area contributed by atoms with Crippen LogP contribution in [0, 0.1) is 23.7 Å². The first-order valence-corrected chi connectivity index (χ1v) is 5.68. The molecule has 2 N–H and O–H groups in total. The Kier molecular flexibility index (Phi) is 1.82. The summed E-state index contributed by atoms with van der Waals surface area (Å²) in [6.07, 6.45) is 4.09. The molecule has 2 unspecified atom stereocenters. The molecule has 4 nitrogen and oxygen atoms in total.